The minimum atomic E-state index is -0.279. The number of piperidine rings is 1. The molecule has 0 saturated carbocycles. The Bertz CT molecular complexity index is 636. The minimum absolute atomic E-state index is 0.168. The van der Waals surface area contributed by atoms with Crippen molar-refractivity contribution >= 4 is 5.91 Å². The molecule has 2 aliphatic heterocycles. The molecule has 0 spiro atoms. The first-order chi connectivity index (χ1) is 14.5. The van der Waals surface area contributed by atoms with E-state index in [4.69, 9.17) is 4.42 Å². The molecular formula is C22H39N5O3. The maximum absolute atomic E-state index is 12.1. The van der Waals surface area contributed by atoms with Gasteiger partial charge in [0.2, 0.25) is 5.89 Å². The molecule has 2 N–H and O–H groups in total. The van der Waals surface area contributed by atoms with Crippen LogP contribution >= 0.6 is 0 Å². The number of rotatable bonds is 10. The van der Waals surface area contributed by atoms with Crippen molar-refractivity contribution in [1.82, 2.24) is 25.0 Å². The Kier molecular flexibility index (Phi) is 9.11. The first-order valence-electron chi connectivity index (χ1n) is 11.6. The summed E-state index contributed by atoms with van der Waals surface area (Å²) in [7, 11) is 0. The molecule has 8 nitrogen and oxygen atoms in total. The molecule has 1 aromatic rings. The predicted molar refractivity (Wildman–Crippen MR) is 116 cm³/mol. The molecule has 0 aliphatic carbocycles. The van der Waals surface area contributed by atoms with Crippen LogP contribution in [0.2, 0.25) is 0 Å². The lowest BCUT2D eigenvalue weighted by Gasteiger charge is -2.36. The summed E-state index contributed by atoms with van der Waals surface area (Å²) < 4.78 is 5.52. The highest BCUT2D eigenvalue weighted by Gasteiger charge is 2.22. The van der Waals surface area contributed by atoms with Gasteiger partial charge in [-0.2, -0.15) is 0 Å². The molecule has 0 bridgehead atoms. The summed E-state index contributed by atoms with van der Waals surface area (Å²) in [6.45, 7) is 13.0. The number of nitrogens with zero attached hydrogens (tertiary/aromatic N) is 4. The lowest BCUT2D eigenvalue weighted by Crippen LogP contribution is -2.50. The van der Waals surface area contributed by atoms with Crippen molar-refractivity contribution in [2.45, 2.75) is 52.2 Å². The van der Waals surface area contributed by atoms with Gasteiger partial charge in [-0.25, -0.2) is 4.98 Å². The number of carbonyl (C=O) groups is 1. The number of piperazine rings is 1. The first kappa shape index (κ1) is 23.2. The first-order valence-corrected chi connectivity index (χ1v) is 11.6. The summed E-state index contributed by atoms with van der Waals surface area (Å²) >= 11 is 0. The zero-order chi connectivity index (χ0) is 21.3. The van der Waals surface area contributed by atoms with Crippen LogP contribution in [-0.4, -0.2) is 95.7 Å². The van der Waals surface area contributed by atoms with Crippen LogP contribution in [0.5, 0.6) is 0 Å². The quantitative estimate of drug-likeness (QED) is 0.591. The molecule has 3 heterocycles. The summed E-state index contributed by atoms with van der Waals surface area (Å²) in [5, 5.41) is 13.3. The number of hydrogen-bond acceptors (Lipinski definition) is 7. The molecule has 2 aliphatic rings. The summed E-state index contributed by atoms with van der Waals surface area (Å²) in [5.41, 5.74) is 0.355. The highest BCUT2D eigenvalue weighted by atomic mass is 16.3. The van der Waals surface area contributed by atoms with E-state index in [-0.39, 0.29) is 12.0 Å². The van der Waals surface area contributed by atoms with E-state index in [2.05, 4.69) is 38.8 Å². The van der Waals surface area contributed by atoms with Gasteiger partial charge in [0.05, 0.1) is 12.6 Å². The van der Waals surface area contributed by atoms with Crippen molar-refractivity contribution < 1.29 is 14.3 Å². The van der Waals surface area contributed by atoms with Crippen molar-refractivity contribution in [3.63, 3.8) is 0 Å². The van der Waals surface area contributed by atoms with Crippen LogP contribution in [-0.2, 0) is 6.54 Å². The van der Waals surface area contributed by atoms with Gasteiger partial charge in [0.25, 0.3) is 5.91 Å². The number of aliphatic hydroxyl groups excluding tert-OH is 1. The van der Waals surface area contributed by atoms with Gasteiger partial charge in [-0.05, 0) is 38.3 Å². The highest BCUT2D eigenvalue weighted by Crippen LogP contribution is 2.12. The molecule has 170 valence electrons. The zero-order valence-corrected chi connectivity index (χ0v) is 18.7. The second-order valence-corrected chi connectivity index (χ2v) is 9.16. The van der Waals surface area contributed by atoms with Crippen LogP contribution in [0.15, 0.2) is 10.7 Å². The van der Waals surface area contributed by atoms with Crippen molar-refractivity contribution in [2.75, 3.05) is 58.9 Å². The van der Waals surface area contributed by atoms with Gasteiger partial charge in [0.15, 0.2) is 5.69 Å². The lowest BCUT2D eigenvalue weighted by molar-refractivity contribution is 0.0434. The second kappa shape index (κ2) is 11.8. The van der Waals surface area contributed by atoms with Gasteiger partial charge in [-0.15, -0.1) is 0 Å². The van der Waals surface area contributed by atoms with E-state index in [1.54, 1.807) is 0 Å². The van der Waals surface area contributed by atoms with Gasteiger partial charge in [-0.1, -0.05) is 20.3 Å². The summed E-state index contributed by atoms with van der Waals surface area (Å²) in [4.78, 5) is 23.5. The Morgan fingerprint density at radius 1 is 1.07 bits per heavy atom. The van der Waals surface area contributed by atoms with Crippen LogP contribution in [0, 0.1) is 5.92 Å². The molecule has 1 atom stereocenters. The summed E-state index contributed by atoms with van der Waals surface area (Å²) in [5.74, 6) is 0.975. The van der Waals surface area contributed by atoms with E-state index < -0.39 is 0 Å². The third-order valence-corrected chi connectivity index (χ3v) is 6.00. The predicted octanol–water partition coefficient (Wildman–Crippen LogP) is 1.41. The molecule has 0 radical (unpaired) electrons. The Balaban J connectivity index is 1.34. The van der Waals surface area contributed by atoms with E-state index >= 15 is 0 Å². The van der Waals surface area contributed by atoms with Gasteiger partial charge in [-0.3, -0.25) is 14.6 Å². The average Bonchev–Trinajstić information content (AvgIpc) is 3.18. The largest absolute Gasteiger partial charge is 0.447 e. The molecule has 1 unspecified atom stereocenters. The Morgan fingerprint density at radius 3 is 2.37 bits per heavy atom. The van der Waals surface area contributed by atoms with E-state index in [0.29, 0.717) is 30.6 Å². The number of hydrogen-bond donors (Lipinski definition) is 2. The highest BCUT2D eigenvalue weighted by molar-refractivity contribution is 5.91. The number of β-amino-alcohol motifs (C(OH)–C–C–N with tert-alkyl or cyclic N) is 1. The third-order valence-electron chi connectivity index (χ3n) is 6.00. The molecule has 1 amide bonds. The van der Waals surface area contributed by atoms with Crippen molar-refractivity contribution in [3.05, 3.63) is 17.8 Å². The maximum atomic E-state index is 12.1. The van der Waals surface area contributed by atoms with Crippen molar-refractivity contribution in [3.8, 4) is 0 Å². The van der Waals surface area contributed by atoms with E-state index in [0.717, 1.165) is 58.8 Å². The molecule has 8 heteroatoms. The fourth-order valence-electron chi connectivity index (χ4n) is 4.17. The third kappa shape index (κ3) is 7.65. The number of aromatic nitrogens is 1. The molecular weight excluding hydrogens is 382 g/mol. The number of aliphatic hydroxyl groups is 1. The smallest absolute Gasteiger partial charge is 0.273 e. The maximum Gasteiger partial charge on any atom is 0.273 e. The number of amides is 1. The topological polar surface area (TPSA) is 85.1 Å². The average molecular weight is 422 g/mol. The van der Waals surface area contributed by atoms with E-state index in [1.807, 2.05) is 0 Å². The number of oxazole rings is 1. The van der Waals surface area contributed by atoms with Crippen LogP contribution in [0.4, 0.5) is 0 Å². The van der Waals surface area contributed by atoms with Crippen molar-refractivity contribution in [2.24, 2.45) is 5.92 Å². The van der Waals surface area contributed by atoms with E-state index in [1.165, 1.54) is 25.5 Å². The number of nitrogens with one attached hydrogen (secondary N) is 1. The van der Waals surface area contributed by atoms with E-state index in [9.17, 15) is 9.90 Å². The van der Waals surface area contributed by atoms with Gasteiger partial charge >= 0.3 is 0 Å². The fraction of sp³-hybridized carbons (Fsp3) is 0.818. The van der Waals surface area contributed by atoms with Gasteiger partial charge < -0.3 is 19.7 Å². The van der Waals surface area contributed by atoms with Crippen LogP contribution < -0.4 is 5.32 Å². The number of likely N-dealkylation sites (tertiary alicyclic amines) is 1. The molecule has 2 saturated heterocycles. The monoisotopic (exact) mass is 421 g/mol. The summed E-state index contributed by atoms with van der Waals surface area (Å²) in [6, 6.07) is 0. The van der Waals surface area contributed by atoms with Crippen LogP contribution in [0.3, 0.4) is 0 Å². The molecule has 1 aromatic heterocycles. The molecule has 3 rings (SSSR count). The van der Waals surface area contributed by atoms with Crippen LogP contribution in [0.25, 0.3) is 0 Å². The lowest BCUT2D eigenvalue weighted by atomic mass is 10.1. The SMILES string of the molecule is CC(C)CCNC(=O)c1coc(CN2CCN(CC(O)CN3CCCCC3)CC2)n1. The Hall–Kier alpha value is -1.48. The standard InChI is InChI=1S/C22H39N5O3/c1-18(2)6-7-23-22(29)20-17-30-21(24-20)16-27-12-10-26(11-13-27)15-19(28)14-25-8-4-3-5-9-25/h17-19,28H,3-16H2,1-2H3,(H,23,29). The Labute approximate surface area is 180 Å². The molecule has 30 heavy (non-hydrogen) atoms. The minimum Gasteiger partial charge on any atom is -0.447 e. The normalized spacial score (nSPS) is 20.5. The Morgan fingerprint density at radius 2 is 1.70 bits per heavy atom. The molecule has 2 fully saturated rings. The van der Waals surface area contributed by atoms with Gasteiger partial charge in [0, 0.05) is 45.8 Å². The molecule has 0 aromatic carbocycles. The second-order valence-electron chi connectivity index (χ2n) is 9.16. The fourth-order valence-corrected chi connectivity index (χ4v) is 4.17. The number of carbonyl (C=O) groups excluding carboxylic acids is 1. The zero-order valence-electron chi connectivity index (χ0n) is 18.7. The van der Waals surface area contributed by atoms with Crippen molar-refractivity contribution in [1.29, 1.82) is 0 Å². The van der Waals surface area contributed by atoms with Gasteiger partial charge in [0.1, 0.15) is 6.26 Å². The summed E-state index contributed by atoms with van der Waals surface area (Å²) in [6.07, 6.45) is 5.96. The van der Waals surface area contributed by atoms with Crippen LogP contribution in [0.1, 0.15) is 55.9 Å².